The summed E-state index contributed by atoms with van der Waals surface area (Å²) in [6, 6.07) is 7.37. The molecule has 2 rings (SSSR count). The molecule has 0 aromatic heterocycles. The lowest BCUT2D eigenvalue weighted by Crippen LogP contribution is -2.42. The largest absolute Gasteiger partial charge is 0.383 e. The van der Waals surface area contributed by atoms with Crippen LogP contribution >= 0.6 is 15.9 Å². The molecule has 0 bridgehead atoms. The van der Waals surface area contributed by atoms with Crippen LogP contribution in [0.15, 0.2) is 22.7 Å². The number of hydrogen-bond donors (Lipinski definition) is 1. The number of anilines is 1. The Balaban J connectivity index is 2.01. The van der Waals surface area contributed by atoms with Crippen LogP contribution < -0.4 is 10.2 Å². The van der Waals surface area contributed by atoms with Crippen molar-refractivity contribution in [3.63, 3.8) is 0 Å². The lowest BCUT2D eigenvalue weighted by Gasteiger charge is -2.39. The van der Waals surface area contributed by atoms with E-state index in [0.29, 0.717) is 6.04 Å². The van der Waals surface area contributed by atoms with E-state index in [-0.39, 0.29) is 0 Å². The Morgan fingerprint density at radius 3 is 2.90 bits per heavy atom. The molecule has 1 aliphatic rings. The molecule has 2 atom stereocenters. The van der Waals surface area contributed by atoms with E-state index in [2.05, 4.69) is 58.2 Å². The molecule has 1 aromatic carbocycles. The molecule has 2 unspecified atom stereocenters. The van der Waals surface area contributed by atoms with Gasteiger partial charge in [-0.15, -0.1) is 0 Å². The van der Waals surface area contributed by atoms with Gasteiger partial charge in [-0.3, -0.25) is 0 Å². The van der Waals surface area contributed by atoms with Crippen LogP contribution in [0.3, 0.4) is 0 Å². The van der Waals surface area contributed by atoms with Crippen molar-refractivity contribution in [2.45, 2.75) is 39.3 Å². The molecule has 4 heteroatoms. The molecule has 1 heterocycles. The molecule has 1 aliphatic heterocycles. The third-order valence-corrected chi connectivity index (χ3v) is 5.28. The first-order valence-corrected chi connectivity index (χ1v) is 8.67. The topological polar surface area (TPSA) is 24.5 Å². The van der Waals surface area contributed by atoms with Crippen molar-refractivity contribution in [2.24, 2.45) is 5.92 Å². The maximum atomic E-state index is 5.05. The molecule has 1 N–H and O–H groups in total. The molecule has 0 spiro atoms. The van der Waals surface area contributed by atoms with E-state index in [0.717, 1.165) is 25.6 Å². The van der Waals surface area contributed by atoms with Gasteiger partial charge in [-0.2, -0.15) is 0 Å². The summed E-state index contributed by atoms with van der Waals surface area (Å²) in [6.07, 6.45) is 2.64. The molecule has 21 heavy (non-hydrogen) atoms. The number of hydrogen-bond acceptors (Lipinski definition) is 3. The Kier molecular flexibility index (Phi) is 6.52. The molecule has 1 fully saturated rings. The Hall–Kier alpha value is -0.580. The molecular weight excluding hydrogens is 328 g/mol. The van der Waals surface area contributed by atoms with E-state index in [1.807, 2.05) is 0 Å². The van der Waals surface area contributed by atoms with E-state index >= 15 is 0 Å². The van der Waals surface area contributed by atoms with Crippen molar-refractivity contribution in [3.8, 4) is 0 Å². The number of ether oxygens (including phenoxy) is 1. The van der Waals surface area contributed by atoms with Crippen LogP contribution in [0.5, 0.6) is 0 Å². The Morgan fingerprint density at radius 2 is 2.19 bits per heavy atom. The summed E-state index contributed by atoms with van der Waals surface area (Å²) in [5, 5.41) is 3.39. The van der Waals surface area contributed by atoms with Gasteiger partial charge in [0.05, 0.1) is 6.61 Å². The molecule has 1 aromatic rings. The zero-order valence-electron chi connectivity index (χ0n) is 13.4. The molecule has 1 saturated heterocycles. The average molecular weight is 355 g/mol. The summed E-state index contributed by atoms with van der Waals surface area (Å²) in [4.78, 5) is 2.54. The van der Waals surface area contributed by atoms with Gasteiger partial charge in [0.2, 0.25) is 0 Å². The van der Waals surface area contributed by atoms with Crippen molar-refractivity contribution in [1.82, 2.24) is 5.32 Å². The lowest BCUT2D eigenvalue weighted by molar-refractivity contribution is 0.199. The Labute approximate surface area is 137 Å². The monoisotopic (exact) mass is 354 g/mol. The zero-order valence-corrected chi connectivity index (χ0v) is 14.9. The molecule has 0 amide bonds. The molecule has 0 radical (unpaired) electrons. The highest BCUT2D eigenvalue weighted by atomic mass is 79.9. The van der Waals surface area contributed by atoms with Crippen LogP contribution in [-0.2, 0) is 11.3 Å². The highest BCUT2D eigenvalue weighted by molar-refractivity contribution is 9.10. The first-order chi connectivity index (χ1) is 10.1. The number of rotatable bonds is 6. The minimum atomic E-state index is 0.622. The number of halogens is 1. The van der Waals surface area contributed by atoms with Crippen molar-refractivity contribution < 1.29 is 4.74 Å². The fourth-order valence-electron chi connectivity index (χ4n) is 2.96. The second-order valence-electron chi connectivity index (χ2n) is 6.00. The molecule has 0 saturated carbocycles. The van der Waals surface area contributed by atoms with Gasteiger partial charge in [-0.1, -0.05) is 28.9 Å². The number of nitrogens with one attached hydrogen (secondary N) is 1. The van der Waals surface area contributed by atoms with Gasteiger partial charge in [-0.25, -0.2) is 0 Å². The number of methoxy groups -OCH3 is 1. The van der Waals surface area contributed by atoms with Gasteiger partial charge >= 0.3 is 0 Å². The van der Waals surface area contributed by atoms with Gasteiger partial charge < -0.3 is 15.0 Å². The summed E-state index contributed by atoms with van der Waals surface area (Å²) in [6.45, 7) is 8.38. The predicted octanol–water partition coefficient (Wildman–Crippen LogP) is 3.81. The predicted molar refractivity (Wildman–Crippen MR) is 92.9 cm³/mol. The summed E-state index contributed by atoms with van der Waals surface area (Å²) >= 11 is 3.72. The third kappa shape index (κ3) is 4.44. The number of nitrogens with zero attached hydrogens (tertiary/aromatic N) is 1. The smallest absolute Gasteiger partial charge is 0.0587 e. The Bertz CT molecular complexity index is 452. The van der Waals surface area contributed by atoms with Crippen molar-refractivity contribution in [3.05, 3.63) is 28.2 Å². The van der Waals surface area contributed by atoms with Crippen LogP contribution in [0.1, 0.15) is 32.3 Å². The highest BCUT2D eigenvalue weighted by Crippen LogP contribution is 2.31. The normalized spacial score (nSPS) is 22.6. The van der Waals surface area contributed by atoms with Crippen molar-refractivity contribution in [2.75, 3.05) is 31.7 Å². The van der Waals surface area contributed by atoms with Gasteiger partial charge in [-0.05, 0) is 43.4 Å². The van der Waals surface area contributed by atoms with Crippen molar-refractivity contribution >= 4 is 21.6 Å². The van der Waals surface area contributed by atoms with Crippen molar-refractivity contribution in [1.29, 1.82) is 0 Å². The number of piperidine rings is 1. The second-order valence-corrected chi connectivity index (χ2v) is 6.85. The average Bonchev–Trinajstić information content (AvgIpc) is 2.48. The van der Waals surface area contributed by atoms with E-state index in [9.17, 15) is 0 Å². The van der Waals surface area contributed by atoms with E-state index in [1.54, 1.807) is 7.11 Å². The summed E-state index contributed by atoms with van der Waals surface area (Å²) in [5.41, 5.74) is 2.63. The summed E-state index contributed by atoms with van der Waals surface area (Å²) in [7, 11) is 1.73. The SMILES string of the molecule is COCCNCc1ccc(N2CCCC(C)C2C)cc1Br. The standard InChI is InChI=1S/C17H27BrN2O/c1-13-5-4-9-20(14(13)2)16-7-6-15(17(18)11-16)12-19-8-10-21-3/h6-7,11,13-14,19H,4-5,8-10,12H2,1-3H3. The molecular formula is C17H27BrN2O. The Morgan fingerprint density at radius 1 is 1.38 bits per heavy atom. The van der Waals surface area contributed by atoms with E-state index in [1.165, 1.54) is 35.1 Å². The van der Waals surface area contributed by atoms with E-state index < -0.39 is 0 Å². The maximum absolute atomic E-state index is 5.05. The quantitative estimate of drug-likeness (QED) is 0.786. The van der Waals surface area contributed by atoms with Crippen LogP contribution in [0.2, 0.25) is 0 Å². The van der Waals surface area contributed by atoms with Gasteiger partial charge in [0.1, 0.15) is 0 Å². The zero-order chi connectivity index (χ0) is 15.2. The first-order valence-electron chi connectivity index (χ1n) is 7.88. The van der Waals surface area contributed by atoms with Gasteiger partial charge in [0.25, 0.3) is 0 Å². The minimum absolute atomic E-state index is 0.622. The maximum Gasteiger partial charge on any atom is 0.0587 e. The third-order valence-electron chi connectivity index (χ3n) is 4.54. The summed E-state index contributed by atoms with van der Waals surface area (Å²) < 4.78 is 6.24. The molecule has 3 nitrogen and oxygen atoms in total. The van der Waals surface area contributed by atoms with Crippen LogP contribution in [0.25, 0.3) is 0 Å². The molecule has 0 aliphatic carbocycles. The highest BCUT2D eigenvalue weighted by Gasteiger charge is 2.24. The fourth-order valence-corrected chi connectivity index (χ4v) is 3.46. The minimum Gasteiger partial charge on any atom is -0.383 e. The van der Waals surface area contributed by atoms with Gasteiger partial charge in [0.15, 0.2) is 0 Å². The first kappa shape index (κ1) is 16.8. The lowest BCUT2D eigenvalue weighted by atomic mass is 9.91. The van der Waals surface area contributed by atoms with Crippen LogP contribution in [0, 0.1) is 5.92 Å². The van der Waals surface area contributed by atoms with Gasteiger partial charge in [0, 0.05) is 42.9 Å². The van der Waals surface area contributed by atoms with Crippen LogP contribution in [-0.4, -0.2) is 32.8 Å². The summed E-state index contributed by atoms with van der Waals surface area (Å²) in [5.74, 6) is 0.771. The molecule has 118 valence electrons. The van der Waals surface area contributed by atoms with E-state index in [4.69, 9.17) is 4.74 Å². The fraction of sp³-hybridized carbons (Fsp3) is 0.647. The number of benzene rings is 1. The van der Waals surface area contributed by atoms with Crippen LogP contribution in [0.4, 0.5) is 5.69 Å². The second kappa shape index (κ2) is 8.16.